The summed E-state index contributed by atoms with van der Waals surface area (Å²) in [6.45, 7) is 2.05. The molecular weight excluding hydrogens is 354 g/mol. The summed E-state index contributed by atoms with van der Waals surface area (Å²) in [6.07, 6.45) is 2.05. The molecule has 0 unspecified atom stereocenters. The second-order valence-corrected chi connectivity index (χ2v) is 6.45. The Bertz CT molecular complexity index is 604. The van der Waals surface area contributed by atoms with Gasteiger partial charge in [-0.2, -0.15) is 0 Å². The zero-order valence-corrected chi connectivity index (χ0v) is 14.7. The highest BCUT2D eigenvalue weighted by molar-refractivity contribution is 5.86. The third kappa shape index (κ3) is 4.59. The van der Waals surface area contributed by atoms with Crippen molar-refractivity contribution in [1.82, 2.24) is 4.90 Å². The van der Waals surface area contributed by atoms with Crippen molar-refractivity contribution in [1.29, 1.82) is 0 Å². The van der Waals surface area contributed by atoms with Gasteiger partial charge >= 0.3 is 0 Å². The van der Waals surface area contributed by atoms with Gasteiger partial charge in [-0.25, -0.2) is 8.78 Å². The maximum absolute atomic E-state index is 13.6. The largest absolute Gasteiger partial charge is 0.487 e. The van der Waals surface area contributed by atoms with E-state index in [4.69, 9.17) is 15.2 Å². The van der Waals surface area contributed by atoms with Crippen LogP contribution >= 0.6 is 12.4 Å². The summed E-state index contributed by atoms with van der Waals surface area (Å²) < 4.78 is 37.4. The zero-order chi connectivity index (χ0) is 17.2. The average Bonchev–Trinajstić information content (AvgIpc) is 2.58. The van der Waals surface area contributed by atoms with Crippen LogP contribution in [0.5, 0.6) is 5.75 Å². The molecule has 3 rings (SSSR count). The molecule has 2 aliphatic heterocycles. The van der Waals surface area contributed by atoms with Crippen LogP contribution in [-0.2, 0) is 9.53 Å². The number of rotatable bonds is 3. The molecule has 2 aliphatic rings. The fraction of sp³-hybridized carbons (Fsp3) is 0.588. The Morgan fingerprint density at radius 2 is 1.88 bits per heavy atom. The van der Waals surface area contributed by atoms with Gasteiger partial charge in [0.15, 0.2) is 11.6 Å². The van der Waals surface area contributed by atoms with Crippen molar-refractivity contribution in [3.63, 3.8) is 0 Å². The number of halogens is 3. The summed E-state index contributed by atoms with van der Waals surface area (Å²) in [7, 11) is 0. The van der Waals surface area contributed by atoms with Crippen molar-refractivity contribution in [3.05, 3.63) is 29.8 Å². The molecule has 2 heterocycles. The van der Waals surface area contributed by atoms with Gasteiger partial charge < -0.3 is 20.1 Å². The number of carbonyl (C=O) groups excluding carboxylic acids is 1. The minimum atomic E-state index is -0.838. The van der Waals surface area contributed by atoms with Crippen molar-refractivity contribution in [2.45, 2.75) is 37.3 Å². The highest BCUT2D eigenvalue weighted by Gasteiger charge is 2.40. The van der Waals surface area contributed by atoms with E-state index in [1.807, 2.05) is 0 Å². The van der Waals surface area contributed by atoms with E-state index in [1.54, 1.807) is 4.90 Å². The second kappa shape index (κ2) is 8.29. The van der Waals surface area contributed by atoms with Gasteiger partial charge in [0.1, 0.15) is 11.9 Å². The zero-order valence-electron chi connectivity index (χ0n) is 13.9. The molecule has 2 N–H and O–H groups in total. The van der Waals surface area contributed by atoms with E-state index in [1.165, 1.54) is 12.1 Å². The molecule has 1 aromatic rings. The monoisotopic (exact) mass is 376 g/mol. The maximum Gasteiger partial charge on any atom is 0.242 e. The molecule has 2 saturated heterocycles. The molecule has 1 aromatic carbocycles. The molecule has 0 aromatic heterocycles. The molecule has 140 valence electrons. The van der Waals surface area contributed by atoms with Gasteiger partial charge in [-0.3, -0.25) is 4.79 Å². The molecule has 0 radical (unpaired) electrons. The lowest BCUT2D eigenvalue weighted by Crippen LogP contribution is -2.59. The molecule has 0 saturated carbocycles. The highest BCUT2D eigenvalue weighted by atomic mass is 35.5. The molecule has 5 nitrogen and oxygen atoms in total. The number of benzene rings is 1. The van der Waals surface area contributed by atoms with Crippen LogP contribution in [0.4, 0.5) is 8.78 Å². The number of hydrogen-bond donors (Lipinski definition) is 1. The standard InChI is InChI=1S/C17H22F2N2O3.ClH/c18-12-1-2-15(14(19)11-12)24-13-3-7-21(8-4-13)16(22)17(20)5-9-23-10-6-17;/h1-2,11,13H,3-10,20H2;1H. The number of ether oxygens (including phenoxy) is 2. The van der Waals surface area contributed by atoms with Crippen LogP contribution in [-0.4, -0.2) is 48.8 Å². The molecule has 0 aliphatic carbocycles. The van der Waals surface area contributed by atoms with Gasteiger partial charge in [-0.1, -0.05) is 0 Å². The fourth-order valence-corrected chi connectivity index (χ4v) is 3.19. The lowest BCUT2D eigenvalue weighted by molar-refractivity contribution is -0.142. The smallest absolute Gasteiger partial charge is 0.242 e. The summed E-state index contributed by atoms with van der Waals surface area (Å²) in [6, 6.07) is 3.26. The van der Waals surface area contributed by atoms with E-state index < -0.39 is 17.2 Å². The van der Waals surface area contributed by atoms with Crippen molar-refractivity contribution >= 4 is 18.3 Å². The fourth-order valence-electron chi connectivity index (χ4n) is 3.19. The SMILES string of the molecule is Cl.NC1(C(=O)N2CCC(Oc3ccc(F)cc3F)CC2)CCOCC1. The van der Waals surface area contributed by atoms with E-state index in [0.29, 0.717) is 52.0 Å². The summed E-state index contributed by atoms with van der Waals surface area (Å²) in [5, 5.41) is 0. The number of likely N-dealkylation sites (tertiary alicyclic amines) is 1. The minimum Gasteiger partial charge on any atom is -0.487 e. The van der Waals surface area contributed by atoms with E-state index in [0.717, 1.165) is 6.07 Å². The predicted octanol–water partition coefficient (Wildman–Crippen LogP) is 2.26. The molecule has 0 atom stereocenters. The summed E-state index contributed by atoms with van der Waals surface area (Å²) in [5.74, 6) is -1.35. The summed E-state index contributed by atoms with van der Waals surface area (Å²) in [5.41, 5.74) is 5.40. The Kier molecular flexibility index (Phi) is 6.59. The first-order valence-electron chi connectivity index (χ1n) is 8.26. The maximum atomic E-state index is 13.6. The molecule has 1 amide bonds. The first kappa shape index (κ1) is 19.9. The van der Waals surface area contributed by atoms with Crippen LogP contribution in [0.1, 0.15) is 25.7 Å². The molecule has 25 heavy (non-hydrogen) atoms. The quantitative estimate of drug-likeness (QED) is 0.878. The molecule has 8 heteroatoms. The Balaban J connectivity index is 0.00000225. The van der Waals surface area contributed by atoms with Crippen LogP contribution in [0.3, 0.4) is 0 Å². The topological polar surface area (TPSA) is 64.8 Å². The van der Waals surface area contributed by atoms with Gasteiger partial charge in [0.25, 0.3) is 0 Å². The van der Waals surface area contributed by atoms with Gasteiger partial charge in [0, 0.05) is 45.2 Å². The van der Waals surface area contributed by atoms with E-state index >= 15 is 0 Å². The van der Waals surface area contributed by atoms with E-state index in [2.05, 4.69) is 0 Å². The Labute approximate surface area is 151 Å². The lowest BCUT2D eigenvalue weighted by atomic mass is 9.89. The number of piperidine rings is 1. The van der Waals surface area contributed by atoms with Crippen LogP contribution in [0.25, 0.3) is 0 Å². The Hall–Kier alpha value is -1.44. The first-order chi connectivity index (χ1) is 11.5. The van der Waals surface area contributed by atoms with Gasteiger partial charge in [0.2, 0.25) is 5.91 Å². The predicted molar refractivity (Wildman–Crippen MR) is 90.8 cm³/mol. The molecule has 2 fully saturated rings. The number of nitrogens with two attached hydrogens (primary N) is 1. The summed E-state index contributed by atoms with van der Waals surface area (Å²) >= 11 is 0. The third-order valence-electron chi connectivity index (χ3n) is 4.73. The number of hydrogen-bond acceptors (Lipinski definition) is 4. The second-order valence-electron chi connectivity index (χ2n) is 6.45. The van der Waals surface area contributed by atoms with E-state index in [9.17, 15) is 13.6 Å². The Morgan fingerprint density at radius 3 is 2.48 bits per heavy atom. The van der Waals surface area contributed by atoms with Crippen molar-refractivity contribution < 1.29 is 23.0 Å². The van der Waals surface area contributed by atoms with Crippen LogP contribution in [0, 0.1) is 11.6 Å². The normalized spacial score (nSPS) is 20.7. The van der Waals surface area contributed by atoms with Crippen molar-refractivity contribution in [2.24, 2.45) is 5.73 Å². The molecular formula is C17H23ClF2N2O3. The van der Waals surface area contributed by atoms with Crippen LogP contribution in [0.15, 0.2) is 18.2 Å². The van der Waals surface area contributed by atoms with Crippen molar-refractivity contribution in [3.8, 4) is 5.75 Å². The number of nitrogens with zero attached hydrogens (tertiary/aromatic N) is 1. The summed E-state index contributed by atoms with van der Waals surface area (Å²) in [4.78, 5) is 14.4. The molecule has 0 bridgehead atoms. The van der Waals surface area contributed by atoms with Gasteiger partial charge in [-0.05, 0) is 25.0 Å². The average molecular weight is 377 g/mol. The lowest BCUT2D eigenvalue weighted by Gasteiger charge is -2.39. The van der Waals surface area contributed by atoms with Crippen molar-refractivity contribution in [2.75, 3.05) is 26.3 Å². The number of amides is 1. The van der Waals surface area contributed by atoms with E-state index in [-0.39, 0.29) is 30.2 Å². The molecule has 0 spiro atoms. The first-order valence-corrected chi connectivity index (χ1v) is 8.26. The van der Waals surface area contributed by atoms with Gasteiger partial charge in [0.05, 0.1) is 5.54 Å². The Morgan fingerprint density at radius 1 is 1.24 bits per heavy atom. The highest BCUT2D eigenvalue weighted by Crippen LogP contribution is 2.26. The minimum absolute atomic E-state index is 0. The van der Waals surface area contributed by atoms with Gasteiger partial charge in [-0.15, -0.1) is 12.4 Å². The number of carbonyl (C=O) groups is 1. The van der Waals surface area contributed by atoms with Crippen LogP contribution < -0.4 is 10.5 Å². The van der Waals surface area contributed by atoms with Crippen LogP contribution in [0.2, 0.25) is 0 Å². The third-order valence-corrected chi connectivity index (χ3v) is 4.73.